The molecule has 1 nitrogen and oxygen atoms in total. The van der Waals surface area contributed by atoms with Crippen LogP contribution in [0.4, 0.5) is 0 Å². The Hall–Kier alpha value is -0.603. The summed E-state index contributed by atoms with van der Waals surface area (Å²) in [5.74, 6) is 0. The zero-order valence-corrected chi connectivity index (χ0v) is 15.2. The van der Waals surface area contributed by atoms with Gasteiger partial charge in [-0.2, -0.15) is 0 Å². The Labute approximate surface area is 126 Å². The Bertz CT molecular complexity index is 436. The van der Waals surface area contributed by atoms with Gasteiger partial charge in [0.15, 0.2) is 0 Å². The van der Waals surface area contributed by atoms with Crippen LogP contribution < -0.4 is 0 Å². The first kappa shape index (κ1) is 15.8. The van der Waals surface area contributed by atoms with Gasteiger partial charge in [0.2, 0.25) is 0 Å². The van der Waals surface area contributed by atoms with Gasteiger partial charge in [-0.3, -0.25) is 0 Å². The minimum absolute atomic E-state index is 0.260. The second-order valence-electron chi connectivity index (χ2n) is 8.31. The summed E-state index contributed by atoms with van der Waals surface area (Å²) in [6.45, 7) is 15.6. The molecule has 112 valence electrons. The highest BCUT2D eigenvalue weighted by atomic mass is 28.3. The molecule has 2 heteroatoms. The van der Waals surface area contributed by atoms with Crippen LogP contribution in [-0.2, 0) is 11.8 Å². The maximum absolute atomic E-state index is 2.82. The van der Waals surface area contributed by atoms with Gasteiger partial charge in [0, 0.05) is 6.04 Å². The van der Waals surface area contributed by atoms with Gasteiger partial charge in [0.25, 0.3) is 0 Å². The molecule has 0 N–H and O–H groups in total. The molecule has 20 heavy (non-hydrogen) atoms. The Kier molecular flexibility index (Phi) is 4.46. The van der Waals surface area contributed by atoms with E-state index in [1.165, 1.54) is 36.9 Å². The average Bonchev–Trinajstić information content (AvgIpc) is 2.76. The molecule has 1 aromatic carbocycles. The molecule has 1 atom stereocenters. The van der Waals surface area contributed by atoms with Crippen LogP contribution >= 0.6 is 0 Å². The highest BCUT2D eigenvalue weighted by Gasteiger charge is 2.33. The van der Waals surface area contributed by atoms with Crippen molar-refractivity contribution in [2.75, 3.05) is 6.54 Å². The number of hydrogen-bond donors (Lipinski definition) is 0. The predicted molar refractivity (Wildman–Crippen MR) is 91.9 cm³/mol. The van der Waals surface area contributed by atoms with Gasteiger partial charge in [-0.15, -0.1) is 0 Å². The molecule has 0 spiro atoms. The Balaban J connectivity index is 2.07. The summed E-state index contributed by atoms with van der Waals surface area (Å²) in [6, 6.07) is 10.1. The summed E-state index contributed by atoms with van der Waals surface area (Å²) in [6.07, 6.45) is 4.00. The number of hydrogen-bond acceptors (Lipinski definition) is 1. The molecule has 1 unspecified atom stereocenters. The largest absolute Gasteiger partial charge is 0.321 e. The molecule has 0 aliphatic carbocycles. The summed E-state index contributed by atoms with van der Waals surface area (Å²) >= 11 is 0. The van der Waals surface area contributed by atoms with Gasteiger partial charge < -0.3 is 4.57 Å². The van der Waals surface area contributed by atoms with Crippen LogP contribution in [0, 0.1) is 0 Å². The summed E-state index contributed by atoms with van der Waals surface area (Å²) in [5.41, 5.74) is 3.21. The van der Waals surface area contributed by atoms with E-state index in [4.69, 9.17) is 0 Å². The standard InChI is InChI=1S/C18H31NSi/c1-18(2,3)16-11-9-15(10-12-16)14-17-8-7-13-19(17)20(4,5)6/h9-12,17H,7-8,13-14H2,1-6H3. The van der Waals surface area contributed by atoms with E-state index in [0.29, 0.717) is 0 Å². The third-order valence-corrected chi connectivity index (χ3v) is 6.84. The Morgan fingerprint density at radius 1 is 1.10 bits per heavy atom. The van der Waals surface area contributed by atoms with E-state index in [1.54, 1.807) is 0 Å². The Morgan fingerprint density at radius 3 is 2.20 bits per heavy atom. The monoisotopic (exact) mass is 289 g/mol. The van der Waals surface area contributed by atoms with Gasteiger partial charge in [-0.25, -0.2) is 0 Å². The molecule has 0 radical (unpaired) electrons. The van der Waals surface area contributed by atoms with Crippen molar-refractivity contribution >= 4 is 8.24 Å². The van der Waals surface area contributed by atoms with Crippen molar-refractivity contribution in [2.45, 2.75) is 71.1 Å². The summed E-state index contributed by atoms with van der Waals surface area (Å²) < 4.78 is 2.82. The highest BCUT2D eigenvalue weighted by molar-refractivity contribution is 6.73. The van der Waals surface area contributed by atoms with Crippen molar-refractivity contribution in [3.8, 4) is 0 Å². The second kappa shape index (κ2) is 5.65. The van der Waals surface area contributed by atoms with Gasteiger partial charge in [-0.1, -0.05) is 64.7 Å². The van der Waals surface area contributed by atoms with Gasteiger partial charge in [0.1, 0.15) is 8.24 Å². The molecule has 1 heterocycles. The minimum Gasteiger partial charge on any atom is -0.321 e. The molecule has 0 amide bonds. The average molecular weight is 290 g/mol. The normalized spacial score (nSPS) is 21.4. The van der Waals surface area contributed by atoms with E-state index in [2.05, 4.69) is 69.2 Å². The Morgan fingerprint density at radius 2 is 1.70 bits per heavy atom. The van der Waals surface area contributed by atoms with Gasteiger partial charge in [-0.05, 0) is 42.3 Å². The second-order valence-corrected chi connectivity index (χ2v) is 13.2. The van der Waals surface area contributed by atoms with Crippen LogP contribution in [0.1, 0.15) is 44.7 Å². The zero-order chi connectivity index (χ0) is 15.0. The minimum atomic E-state index is -1.15. The number of benzene rings is 1. The third-order valence-electron chi connectivity index (χ3n) is 4.53. The van der Waals surface area contributed by atoms with E-state index < -0.39 is 8.24 Å². The fourth-order valence-electron chi connectivity index (χ4n) is 3.34. The molecule has 1 aliphatic heterocycles. The van der Waals surface area contributed by atoms with Gasteiger partial charge in [0.05, 0.1) is 0 Å². The molecular weight excluding hydrogens is 258 g/mol. The maximum Gasteiger partial charge on any atom is 0.119 e. The lowest BCUT2D eigenvalue weighted by atomic mass is 9.86. The summed E-state index contributed by atoms with van der Waals surface area (Å²) in [4.78, 5) is 0. The molecule has 2 rings (SSSR count). The lowest BCUT2D eigenvalue weighted by Gasteiger charge is -2.35. The van der Waals surface area contributed by atoms with E-state index in [9.17, 15) is 0 Å². The molecular formula is C18H31NSi. The summed E-state index contributed by atoms with van der Waals surface area (Å²) in [7, 11) is -1.15. The molecule has 0 aromatic heterocycles. The third kappa shape index (κ3) is 3.73. The molecule has 1 fully saturated rings. The van der Waals surface area contributed by atoms with Crippen molar-refractivity contribution in [1.82, 2.24) is 4.57 Å². The lowest BCUT2D eigenvalue weighted by Crippen LogP contribution is -2.49. The van der Waals surface area contributed by atoms with Crippen LogP contribution in [-0.4, -0.2) is 25.4 Å². The van der Waals surface area contributed by atoms with E-state index in [0.717, 1.165) is 6.04 Å². The topological polar surface area (TPSA) is 3.24 Å². The molecule has 1 aliphatic rings. The van der Waals surface area contributed by atoms with Crippen molar-refractivity contribution in [3.05, 3.63) is 35.4 Å². The van der Waals surface area contributed by atoms with Crippen LogP contribution in [0.5, 0.6) is 0 Å². The van der Waals surface area contributed by atoms with E-state index in [1.807, 2.05) is 0 Å². The first-order valence-electron chi connectivity index (χ1n) is 8.04. The van der Waals surface area contributed by atoms with Crippen LogP contribution in [0.2, 0.25) is 19.6 Å². The zero-order valence-electron chi connectivity index (χ0n) is 14.2. The van der Waals surface area contributed by atoms with Crippen molar-refractivity contribution in [2.24, 2.45) is 0 Å². The van der Waals surface area contributed by atoms with Crippen LogP contribution in [0.3, 0.4) is 0 Å². The van der Waals surface area contributed by atoms with Gasteiger partial charge >= 0.3 is 0 Å². The van der Waals surface area contributed by atoms with Crippen LogP contribution in [0.25, 0.3) is 0 Å². The fraction of sp³-hybridized carbons (Fsp3) is 0.667. The SMILES string of the molecule is CC(C)(C)c1ccc(CC2CCCN2[Si](C)(C)C)cc1. The number of nitrogens with zero attached hydrogens (tertiary/aromatic N) is 1. The van der Waals surface area contributed by atoms with E-state index >= 15 is 0 Å². The predicted octanol–water partition coefficient (Wildman–Crippen LogP) is 4.83. The first-order valence-corrected chi connectivity index (χ1v) is 11.5. The smallest absolute Gasteiger partial charge is 0.119 e. The molecule has 0 saturated carbocycles. The van der Waals surface area contributed by atoms with Crippen molar-refractivity contribution < 1.29 is 0 Å². The van der Waals surface area contributed by atoms with Crippen molar-refractivity contribution in [1.29, 1.82) is 0 Å². The molecule has 0 bridgehead atoms. The first-order chi connectivity index (χ1) is 9.18. The summed E-state index contributed by atoms with van der Waals surface area (Å²) in [5, 5.41) is 0. The maximum atomic E-state index is 2.82. The number of rotatable bonds is 3. The highest BCUT2D eigenvalue weighted by Crippen LogP contribution is 2.28. The van der Waals surface area contributed by atoms with Crippen LogP contribution in [0.15, 0.2) is 24.3 Å². The quantitative estimate of drug-likeness (QED) is 0.721. The fourth-order valence-corrected chi connectivity index (χ4v) is 5.49. The van der Waals surface area contributed by atoms with E-state index in [-0.39, 0.29) is 5.41 Å². The molecule has 1 saturated heterocycles. The lowest BCUT2D eigenvalue weighted by molar-refractivity contribution is 0.390. The van der Waals surface area contributed by atoms with Crippen molar-refractivity contribution in [3.63, 3.8) is 0 Å². The molecule has 1 aromatic rings.